The quantitative estimate of drug-likeness (QED) is 0.717. The lowest BCUT2D eigenvalue weighted by Crippen LogP contribution is -2.35. The first-order valence-electron chi connectivity index (χ1n) is 5.15. The summed E-state index contributed by atoms with van der Waals surface area (Å²) in [5.41, 5.74) is 0. The molecule has 4 heteroatoms. The highest BCUT2D eigenvalue weighted by atomic mass is 32.2. The fourth-order valence-electron chi connectivity index (χ4n) is 2.24. The first-order chi connectivity index (χ1) is 6.32. The second kappa shape index (κ2) is 4.17. The molecule has 1 aliphatic carbocycles. The summed E-state index contributed by atoms with van der Waals surface area (Å²) in [6.07, 6.45) is 1.80. The Morgan fingerprint density at radius 2 is 1.86 bits per heavy atom. The second-order valence-corrected chi connectivity index (χ2v) is 7.01. The van der Waals surface area contributed by atoms with Crippen LogP contribution in [0.15, 0.2) is 0 Å². The van der Waals surface area contributed by atoms with Crippen molar-refractivity contribution in [2.24, 2.45) is 11.8 Å². The van der Waals surface area contributed by atoms with Crippen molar-refractivity contribution < 1.29 is 12.8 Å². The molecule has 0 amide bonds. The smallest absolute Gasteiger partial charge is 0.150 e. The molecule has 84 valence electrons. The Labute approximate surface area is 85.8 Å². The molecule has 0 aromatic carbocycles. The molecule has 3 atom stereocenters. The number of hydrogen-bond acceptors (Lipinski definition) is 2. The molecule has 0 spiro atoms. The molecule has 14 heavy (non-hydrogen) atoms. The first kappa shape index (κ1) is 12.0. The first-order valence-corrected chi connectivity index (χ1v) is 7.10. The van der Waals surface area contributed by atoms with Crippen molar-refractivity contribution in [1.29, 1.82) is 0 Å². The van der Waals surface area contributed by atoms with E-state index < -0.39 is 21.3 Å². The normalized spacial score (nSPS) is 34.8. The highest BCUT2D eigenvalue weighted by Crippen LogP contribution is 2.34. The third kappa shape index (κ3) is 2.69. The SMILES string of the molecule is CC(C)C1CCC(S(C)(=O)=O)CC1F. The number of sulfone groups is 1. The summed E-state index contributed by atoms with van der Waals surface area (Å²) in [7, 11) is -3.05. The van der Waals surface area contributed by atoms with Crippen LogP contribution in [0, 0.1) is 11.8 Å². The summed E-state index contributed by atoms with van der Waals surface area (Å²) in [5, 5.41) is -0.451. The third-order valence-electron chi connectivity index (χ3n) is 3.24. The molecule has 1 aliphatic rings. The van der Waals surface area contributed by atoms with Gasteiger partial charge in [0.15, 0.2) is 0 Å². The number of halogens is 1. The molecular weight excluding hydrogens is 203 g/mol. The van der Waals surface area contributed by atoms with Gasteiger partial charge in [0.25, 0.3) is 0 Å². The van der Waals surface area contributed by atoms with Gasteiger partial charge in [0.05, 0.1) is 5.25 Å². The van der Waals surface area contributed by atoms with Crippen LogP contribution < -0.4 is 0 Å². The zero-order chi connectivity index (χ0) is 10.9. The fraction of sp³-hybridized carbons (Fsp3) is 1.00. The van der Waals surface area contributed by atoms with E-state index in [-0.39, 0.29) is 12.3 Å². The average molecular weight is 222 g/mol. The van der Waals surface area contributed by atoms with E-state index in [0.29, 0.717) is 18.8 Å². The van der Waals surface area contributed by atoms with E-state index in [0.717, 1.165) is 0 Å². The van der Waals surface area contributed by atoms with Gasteiger partial charge in [0.2, 0.25) is 0 Å². The van der Waals surface area contributed by atoms with Gasteiger partial charge >= 0.3 is 0 Å². The summed E-state index contributed by atoms with van der Waals surface area (Å²) >= 11 is 0. The van der Waals surface area contributed by atoms with Crippen LogP contribution in [0.5, 0.6) is 0 Å². The van der Waals surface area contributed by atoms with E-state index in [9.17, 15) is 12.8 Å². The van der Waals surface area contributed by atoms with Gasteiger partial charge in [-0.1, -0.05) is 13.8 Å². The van der Waals surface area contributed by atoms with Crippen molar-refractivity contribution >= 4 is 9.84 Å². The van der Waals surface area contributed by atoms with Crippen LogP contribution in [0.4, 0.5) is 4.39 Å². The molecule has 0 saturated heterocycles. The lowest BCUT2D eigenvalue weighted by Gasteiger charge is -2.33. The summed E-state index contributed by atoms with van der Waals surface area (Å²) in [6.45, 7) is 4.00. The van der Waals surface area contributed by atoms with E-state index >= 15 is 0 Å². The van der Waals surface area contributed by atoms with Crippen molar-refractivity contribution in [1.82, 2.24) is 0 Å². The van der Waals surface area contributed by atoms with Crippen molar-refractivity contribution in [3.63, 3.8) is 0 Å². The second-order valence-electron chi connectivity index (χ2n) is 4.69. The molecule has 0 aromatic rings. The molecule has 0 radical (unpaired) electrons. The topological polar surface area (TPSA) is 34.1 Å². The van der Waals surface area contributed by atoms with E-state index in [1.165, 1.54) is 6.26 Å². The minimum atomic E-state index is -3.05. The lowest BCUT2D eigenvalue weighted by molar-refractivity contribution is 0.129. The highest BCUT2D eigenvalue weighted by Gasteiger charge is 2.36. The Hall–Kier alpha value is -0.120. The van der Waals surface area contributed by atoms with Crippen LogP contribution in [0.25, 0.3) is 0 Å². The van der Waals surface area contributed by atoms with Crippen LogP contribution >= 0.6 is 0 Å². The maximum atomic E-state index is 13.6. The molecule has 0 heterocycles. The standard InChI is InChI=1S/C10H19FO2S/c1-7(2)9-5-4-8(6-10(9)11)14(3,12)13/h7-10H,4-6H2,1-3H3. The largest absolute Gasteiger partial charge is 0.247 e. The van der Waals surface area contributed by atoms with Crippen molar-refractivity contribution in [2.45, 2.75) is 44.5 Å². The van der Waals surface area contributed by atoms with Gasteiger partial charge in [0.1, 0.15) is 16.0 Å². The molecule has 3 unspecified atom stereocenters. The number of alkyl halides is 1. The molecule has 0 aromatic heterocycles. The van der Waals surface area contributed by atoms with Gasteiger partial charge in [-0.2, -0.15) is 0 Å². The molecule has 0 aliphatic heterocycles. The zero-order valence-electron chi connectivity index (χ0n) is 9.03. The fourth-order valence-corrected chi connectivity index (χ4v) is 3.34. The Kier molecular flexibility index (Phi) is 3.56. The number of hydrogen-bond donors (Lipinski definition) is 0. The zero-order valence-corrected chi connectivity index (χ0v) is 9.85. The summed E-state index contributed by atoms with van der Waals surface area (Å²) < 4.78 is 36.1. The Bertz CT molecular complexity index is 284. The minimum Gasteiger partial charge on any atom is -0.247 e. The van der Waals surface area contributed by atoms with Crippen LogP contribution in [0.3, 0.4) is 0 Å². The van der Waals surface area contributed by atoms with Crippen LogP contribution in [-0.4, -0.2) is 26.1 Å². The Morgan fingerprint density at radius 3 is 2.21 bits per heavy atom. The molecule has 0 bridgehead atoms. The molecule has 1 fully saturated rings. The highest BCUT2D eigenvalue weighted by molar-refractivity contribution is 7.91. The van der Waals surface area contributed by atoms with Gasteiger partial charge in [-0.3, -0.25) is 0 Å². The van der Waals surface area contributed by atoms with E-state index in [4.69, 9.17) is 0 Å². The van der Waals surface area contributed by atoms with E-state index in [1.807, 2.05) is 13.8 Å². The predicted octanol–water partition coefficient (Wildman–Crippen LogP) is 2.19. The van der Waals surface area contributed by atoms with Crippen molar-refractivity contribution in [3.05, 3.63) is 0 Å². The molecular formula is C10H19FO2S. The third-order valence-corrected chi connectivity index (χ3v) is 4.88. The molecule has 2 nitrogen and oxygen atoms in total. The van der Waals surface area contributed by atoms with Crippen LogP contribution in [0.1, 0.15) is 33.1 Å². The van der Waals surface area contributed by atoms with E-state index in [2.05, 4.69) is 0 Å². The van der Waals surface area contributed by atoms with Gasteiger partial charge in [-0.05, 0) is 31.1 Å². The lowest BCUT2D eigenvalue weighted by atomic mass is 9.80. The number of rotatable bonds is 2. The molecule has 0 N–H and O–H groups in total. The minimum absolute atomic E-state index is 0.0491. The summed E-state index contributed by atoms with van der Waals surface area (Å²) in [5.74, 6) is 0.360. The Balaban J connectivity index is 2.64. The van der Waals surface area contributed by atoms with Crippen molar-refractivity contribution in [3.8, 4) is 0 Å². The molecule has 1 rings (SSSR count). The van der Waals surface area contributed by atoms with Gasteiger partial charge in [-0.25, -0.2) is 12.8 Å². The van der Waals surface area contributed by atoms with Crippen LogP contribution in [-0.2, 0) is 9.84 Å². The van der Waals surface area contributed by atoms with E-state index in [1.54, 1.807) is 0 Å². The molecule has 1 saturated carbocycles. The monoisotopic (exact) mass is 222 g/mol. The van der Waals surface area contributed by atoms with Gasteiger partial charge in [0, 0.05) is 6.26 Å². The summed E-state index contributed by atoms with van der Waals surface area (Å²) in [6, 6.07) is 0. The average Bonchev–Trinajstić information content (AvgIpc) is 2.01. The van der Waals surface area contributed by atoms with Crippen LogP contribution in [0.2, 0.25) is 0 Å². The Morgan fingerprint density at radius 1 is 1.29 bits per heavy atom. The maximum Gasteiger partial charge on any atom is 0.150 e. The van der Waals surface area contributed by atoms with Crippen molar-refractivity contribution in [2.75, 3.05) is 6.26 Å². The maximum absolute atomic E-state index is 13.6. The summed E-state index contributed by atoms with van der Waals surface area (Å²) in [4.78, 5) is 0. The van der Waals surface area contributed by atoms with Gasteiger partial charge < -0.3 is 0 Å². The predicted molar refractivity (Wildman–Crippen MR) is 55.7 cm³/mol. The van der Waals surface area contributed by atoms with Gasteiger partial charge in [-0.15, -0.1) is 0 Å².